The van der Waals surface area contributed by atoms with Crippen LogP contribution >= 0.6 is 0 Å². The molecule has 3 nitrogen and oxygen atoms in total. The van der Waals surface area contributed by atoms with Gasteiger partial charge in [-0.25, -0.2) is 4.98 Å². The van der Waals surface area contributed by atoms with E-state index in [1.165, 1.54) is 5.56 Å². The van der Waals surface area contributed by atoms with E-state index in [1.807, 2.05) is 6.92 Å². The average Bonchev–Trinajstić information content (AvgIpc) is 2.31. The molecule has 1 N–H and O–H groups in total. The third-order valence-electron chi connectivity index (χ3n) is 2.70. The van der Waals surface area contributed by atoms with Gasteiger partial charge in [0, 0.05) is 18.2 Å². The zero-order chi connectivity index (χ0) is 12.3. The fourth-order valence-electron chi connectivity index (χ4n) is 1.73. The van der Waals surface area contributed by atoms with Crippen molar-refractivity contribution in [3.8, 4) is 0 Å². The molecular formula is C14H16N2O. The summed E-state index contributed by atoms with van der Waals surface area (Å²) in [6.45, 7) is 4.05. The molecule has 0 unspecified atom stereocenters. The van der Waals surface area contributed by atoms with Crippen molar-refractivity contribution in [2.45, 2.75) is 26.7 Å². The molecule has 0 amide bonds. The lowest BCUT2D eigenvalue weighted by molar-refractivity contribution is 0.888. The van der Waals surface area contributed by atoms with Gasteiger partial charge in [0.1, 0.15) is 5.82 Å². The molecule has 0 fully saturated rings. The van der Waals surface area contributed by atoms with Gasteiger partial charge < -0.3 is 4.98 Å². The molecule has 1 aromatic carbocycles. The van der Waals surface area contributed by atoms with Crippen LogP contribution in [0.4, 0.5) is 0 Å². The number of H-pyrrole nitrogens is 1. The molecule has 0 aliphatic rings. The fourth-order valence-corrected chi connectivity index (χ4v) is 1.73. The molecule has 0 atom stereocenters. The molecule has 2 rings (SSSR count). The number of hydrogen-bond acceptors (Lipinski definition) is 2. The molecule has 1 aromatic heterocycles. The Labute approximate surface area is 101 Å². The highest BCUT2D eigenvalue weighted by Crippen LogP contribution is 2.07. The molecule has 1 heterocycles. The van der Waals surface area contributed by atoms with Gasteiger partial charge in [0.2, 0.25) is 0 Å². The summed E-state index contributed by atoms with van der Waals surface area (Å²) in [5.74, 6) is 0.734. The summed E-state index contributed by atoms with van der Waals surface area (Å²) in [7, 11) is 0. The third-order valence-corrected chi connectivity index (χ3v) is 2.70. The fraction of sp³-hybridized carbons (Fsp3) is 0.286. The highest BCUT2D eigenvalue weighted by Gasteiger charge is 2.01. The first-order valence-corrected chi connectivity index (χ1v) is 5.82. The summed E-state index contributed by atoms with van der Waals surface area (Å²) in [5.41, 5.74) is 3.17. The van der Waals surface area contributed by atoms with E-state index in [-0.39, 0.29) is 5.56 Å². The van der Waals surface area contributed by atoms with Gasteiger partial charge in [-0.15, -0.1) is 0 Å². The van der Waals surface area contributed by atoms with Crippen molar-refractivity contribution in [3.05, 3.63) is 63.3 Å². The van der Waals surface area contributed by atoms with E-state index < -0.39 is 0 Å². The number of nitrogens with one attached hydrogen (secondary N) is 1. The van der Waals surface area contributed by atoms with Crippen molar-refractivity contribution in [1.82, 2.24) is 9.97 Å². The molecule has 0 aliphatic carbocycles. The van der Waals surface area contributed by atoms with Crippen molar-refractivity contribution in [2.75, 3.05) is 0 Å². The van der Waals surface area contributed by atoms with Crippen LogP contribution in [0.25, 0.3) is 0 Å². The van der Waals surface area contributed by atoms with Crippen LogP contribution in [0.5, 0.6) is 0 Å². The first-order valence-electron chi connectivity index (χ1n) is 5.82. The van der Waals surface area contributed by atoms with Crippen molar-refractivity contribution in [2.24, 2.45) is 0 Å². The second-order valence-electron chi connectivity index (χ2n) is 4.20. The maximum Gasteiger partial charge on any atom is 0.251 e. The van der Waals surface area contributed by atoms with Gasteiger partial charge >= 0.3 is 0 Å². The van der Waals surface area contributed by atoms with E-state index in [2.05, 4.69) is 41.2 Å². The van der Waals surface area contributed by atoms with Gasteiger partial charge in [0.15, 0.2) is 0 Å². The van der Waals surface area contributed by atoms with E-state index >= 15 is 0 Å². The first kappa shape index (κ1) is 11.6. The minimum absolute atomic E-state index is 0.0704. The van der Waals surface area contributed by atoms with Gasteiger partial charge in [0.05, 0.1) is 0 Å². The van der Waals surface area contributed by atoms with Crippen LogP contribution in [0.2, 0.25) is 0 Å². The number of hydrogen-bond donors (Lipinski definition) is 1. The minimum Gasteiger partial charge on any atom is -0.310 e. The number of aromatic nitrogens is 2. The van der Waals surface area contributed by atoms with Crippen molar-refractivity contribution < 1.29 is 0 Å². The van der Waals surface area contributed by atoms with E-state index in [9.17, 15) is 4.79 Å². The van der Waals surface area contributed by atoms with Gasteiger partial charge in [-0.05, 0) is 18.9 Å². The zero-order valence-electron chi connectivity index (χ0n) is 10.2. The molecule has 0 bridgehead atoms. The Morgan fingerprint density at radius 3 is 2.59 bits per heavy atom. The van der Waals surface area contributed by atoms with Gasteiger partial charge in [-0.1, -0.05) is 36.8 Å². The van der Waals surface area contributed by atoms with Crippen LogP contribution < -0.4 is 5.56 Å². The van der Waals surface area contributed by atoms with Crippen LogP contribution in [0.3, 0.4) is 0 Å². The molecule has 2 aromatic rings. The van der Waals surface area contributed by atoms with E-state index in [0.29, 0.717) is 6.42 Å². The molecule has 0 aliphatic heterocycles. The molecule has 0 saturated heterocycles. The summed E-state index contributed by atoms with van der Waals surface area (Å²) in [5, 5.41) is 0. The summed E-state index contributed by atoms with van der Waals surface area (Å²) in [4.78, 5) is 18.6. The van der Waals surface area contributed by atoms with E-state index in [1.54, 1.807) is 6.07 Å². The maximum atomic E-state index is 11.4. The minimum atomic E-state index is -0.0704. The third kappa shape index (κ3) is 3.03. The predicted octanol–water partition coefficient (Wildman–Crippen LogP) is 2.23. The Morgan fingerprint density at radius 1 is 1.24 bits per heavy atom. The lowest BCUT2D eigenvalue weighted by atomic mass is 10.1. The SMILES string of the molecule is CCc1cc(=O)[nH]c(Cc2ccc(C)cc2)n1. The molecule has 0 radical (unpaired) electrons. The topological polar surface area (TPSA) is 45.8 Å². The number of nitrogens with zero attached hydrogens (tertiary/aromatic N) is 1. The van der Waals surface area contributed by atoms with Crippen molar-refractivity contribution in [3.63, 3.8) is 0 Å². The van der Waals surface area contributed by atoms with Crippen LogP contribution in [0, 0.1) is 6.92 Å². The molecule has 0 saturated carbocycles. The van der Waals surface area contributed by atoms with Gasteiger partial charge in [-0.3, -0.25) is 4.79 Å². The van der Waals surface area contributed by atoms with E-state index in [0.717, 1.165) is 23.5 Å². The zero-order valence-corrected chi connectivity index (χ0v) is 10.2. The van der Waals surface area contributed by atoms with Crippen LogP contribution in [0.1, 0.15) is 29.6 Å². The Hall–Kier alpha value is -1.90. The second-order valence-corrected chi connectivity index (χ2v) is 4.20. The van der Waals surface area contributed by atoms with Gasteiger partial charge in [-0.2, -0.15) is 0 Å². The van der Waals surface area contributed by atoms with Gasteiger partial charge in [0.25, 0.3) is 5.56 Å². The monoisotopic (exact) mass is 228 g/mol. The van der Waals surface area contributed by atoms with Crippen LogP contribution in [-0.4, -0.2) is 9.97 Å². The summed E-state index contributed by atoms with van der Waals surface area (Å²) < 4.78 is 0. The summed E-state index contributed by atoms with van der Waals surface area (Å²) in [6, 6.07) is 9.81. The maximum absolute atomic E-state index is 11.4. The number of rotatable bonds is 3. The lowest BCUT2D eigenvalue weighted by Gasteiger charge is -2.03. The molecule has 0 spiro atoms. The molecule has 3 heteroatoms. The predicted molar refractivity (Wildman–Crippen MR) is 68.2 cm³/mol. The Bertz CT molecular complexity index is 555. The van der Waals surface area contributed by atoms with E-state index in [4.69, 9.17) is 0 Å². The number of aromatic amines is 1. The lowest BCUT2D eigenvalue weighted by Crippen LogP contribution is -2.12. The largest absolute Gasteiger partial charge is 0.310 e. The van der Waals surface area contributed by atoms with Crippen molar-refractivity contribution >= 4 is 0 Å². The quantitative estimate of drug-likeness (QED) is 0.875. The average molecular weight is 228 g/mol. The first-order chi connectivity index (χ1) is 8.17. The number of benzene rings is 1. The normalized spacial score (nSPS) is 10.5. The molecular weight excluding hydrogens is 212 g/mol. The summed E-state index contributed by atoms with van der Waals surface area (Å²) >= 11 is 0. The smallest absolute Gasteiger partial charge is 0.251 e. The Balaban J connectivity index is 2.26. The Kier molecular flexibility index (Phi) is 3.38. The Morgan fingerprint density at radius 2 is 1.94 bits per heavy atom. The second kappa shape index (κ2) is 4.95. The van der Waals surface area contributed by atoms with Crippen molar-refractivity contribution in [1.29, 1.82) is 0 Å². The number of aryl methyl sites for hydroxylation is 2. The molecule has 17 heavy (non-hydrogen) atoms. The molecule has 88 valence electrons. The van der Waals surface area contributed by atoms with Crippen LogP contribution in [-0.2, 0) is 12.8 Å². The highest BCUT2D eigenvalue weighted by atomic mass is 16.1. The highest BCUT2D eigenvalue weighted by molar-refractivity contribution is 5.24. The summed E-state index contributed by atoms with van der Waals surface area (Å²) in [6.07, 6.45) is 1.45. The standard InChI is InChI=1S/C14H16N2O/c1-3-12-9-14(17)16-13(15-12)8-11-6-4-10(2)5-7-11/h4-7,9H,3,8H2,1-2H3,(H,15,16,17). The van der Waals surface area contributed by atoms with Crippen LogP contribution in [0.15, 0.2) is 35.1 Å².